The number of ether oxygens (including phenoxy) is 1. The summed E-state index contributed by atoms with van der Waals surface area (Å²) in [4.78, 5) is 29.9. The third-order valence-corrected chi connectivity index (χ3v) is 7.18. The molecule has 4 rings (SSSR count). The summed E-state index contributed by atoms with van der Waals surface area (Å²) in [6, 6.07) is 6.85. The van der Waals surface area contributed by atoms with Gasteiger partial charge < -0.3 is 9.84 Å². The molecule has 6 heteroatoms. The molecule has 1 spiro atoms. The minimum absolute atomic E-state index is 0.133. The summed E-state index contributed by atoms with van der Waals surface area (Å²) < 4.78 is 4.63. The number of aliphatic carboxylic acids is 1. The van der Waals surface area contributed by atoms with Gasteiger partial charge in [-0.25, -0.2) is 0 Å². The van der Waals surface area contributed by atoms with Crippen LogP contribution in [-0.2, 0) is 4.79 Å². The van der Waals surface area contributed by atoms with Crippen LogP contribution < -0.4 is 4.74 Å². The minimum atomic E-state index is -0.907. The molecule has 3 aliphatic rings. The first-order valence-corrected chi connectivity index (χ1v) is 9.44. The van der Waals surface area contributed by atoms with Gasteiger partial charge in [0.1, 0.15) is 5.75 Å². The zero-order chi connectivity index (χ0) is 18.3. The maximum absolute atomic E-state index is 13.2. The van der Waals surface area contributed by atoms with Crippen molar-refractivity contribution in [3.05, 3.63) is 54.1 Å². The van der Waals surface area contributed by atoms with Gasteiger partial charge in [-0.2, -0.15) is 0 Å². The number of Topliss-reactive ketones (excluding diaryl/α,β-unsaturated/α-hetero) is 1. The zero-order valence-corrected chi connectivity index (χ0v) is 15.1. The summed E-state index contributed by atoms with van der Waals surface area (Å²) in [5.41, 5.74) is 1.40. The van der Waals surface area contributed by atoms with Gasteiger partial charge in [0, 0.05) is 12.1 Å². The molecule has 1 aromatic carbocycles. The average molecular weight is 369 g/mol. The molecule has 0 radical (unpaired) electrons. The van der Waals surface area contributed by atoms with Crippen molar-refractivity contribution in [3.63, 3.8) is 0 Å². The SMILES string of the molecule is COc1ccc(C(=O)C2SC34C=CC=CC3=NCCC4C2C(=O)O)cc1. The molecule has 4 atom stereocenters. The number of ketones is 1. The Morgan fingerprint density at radius 2 is 2.04 bits per heavy atom. The second-order valence-electron chi connectivity index (χ2n) is 6.67. The lowest BCUT2D eigenvalue weighted by Crippen LogP contribution is -2.44. The lowest BCUT2D eigenvalue weighted by molar-refractivity contribution is -0.143. The van der Waals surface area contributed by atoms with Crippen LogP contribution in [0.4, 0.5) is 0 Å². The van der Waals surface area contributed by atoms with Gasteiger partial charge in [-0.1, -0.05) is 18.2 Å². The fourth-order valence-electron chi connectivity index (χ4n) is 4.15. The first-order valence-electron chi connectivity index (χ1n) is 8.56. The van der Waals surface area contributed by atoms with Crippen LogP contribution in [0.5, 0.6) is 5.75 Å². The van der Waals surface area contributed by atoms with Crippen LogP contribution in [0, 0.1) is 11.8 Å². The third-order valence-electron chi connectivity index (χ3n) is 5.38. The van der Waals surface area contributed by atoms with Crippen molar-refractivity contribution in [1.29, 1.82) is 0 Å². The van der Waals surface area contributed by atoms with Gasteiger partial charge in [0.25, 0.3) is 0 Å². The van der Waals surface area contributed by atoms with Crippen LogP contribution in [0.1, 0.15) is 16.8 Å². The fourth-order valence-corrected chi connectivity index (χ4v) is 6.12. The van der Waals surface area contributed by atoms with E-state index >= 15 is 0 Å². The Kier molecular flexibility index (Phi) is 4.23. The van der Waals surface area contributed by atoms with Gasteiger partial charge in [0.2, 0.25) is 0 Å². The Balaban J connectivity index is 1.73. The van der Waals surface area contributed by atoms with E-state index in [1.165, 1.54) is 11.8 Å². The van der Waals surface area contributed by atoms with Crippen molar-refractivity contribution in [3.8, 4) is 5.75 Å². The Labute approximate surface area is 155 Å². The van der Waals surface area contributed by atoms with E-state index in [1.54, 1.807) is 31.4 Å². The Bertz CT molecular complexity index is 842. The smallest absolute Gasteiger partial charge is 0.308 e. The van der Waals surface area contributed by atoms with Crippen molar-refractivity contribution < 1.29 is 19.4 Å². The number of benzene rings is 1. The van der Waals surface area contributed by atoms with E-state index in [-0.39, 0.29) is 11.7 Å². The predicted octanol–water partition coefficient (Wildman–Crippen LogP) is 3.02. The Morgan fingerprint density at radius 1 is 1.27 bits per heavy atom. The molecule has 0 aromatic heterocycles. The highest BCUT2D eigenvalue weighted by atomic mass is 32.2. The van der Waals surface area contributed by atoms with Crippen molar-refractivity contribution in [1.82, 2.24) is 0 Å². The summed E-state index contributed by atoms with van der Waals surface area (Å²) in [6.07, 6.45) is 8.50. The van der Waals surface area contributed by atoms with Gasteiger partial charge in [-0.15, -0.1) is 11.8 Å². The molecule has 5 nitrogen and oxygen atoms in total. The zero-order valence-electron chi connectivity index (χ0n) is 14.3. The van der Waals surface area contributed by atoms with Gasteiger partial charge in [0.05, 0.1) is 28.7 Å². The number of carboxylic acids is 1. The van der Waals surface area contributed by atoms with E-state index in [0.717, 1.165) is 5.71 Å². The lowest BCUT2D eigenvalue weighted by atomic mass is 9.72. The molecule has 134 valence electrons. The molecule has 2 aliphatic heterocycles. The largest absolute Gasteiger partial charge is 0.497 e. The van der Waals surface area contributed by atoms with Crippen molar-refractivity contribution >= 4 is 29.2 Å². The number of carbonyl (C=O) groups excluding carboxylic acids is 1. The number of rotatable bonds is 4. The first kappa shape index (κ1) is 17.1. The Hall–Kier alpha value is -2.34. The third kappa shape index (κ3) is 2.51. The van der Waals surface area contributed by atoms with Crippen LogP contribution in [0.3, 0.4) is 0 Å². The molecular formula is C20H19NO4S. The van der Waals surface area contributed by atoms with E-state index in [1.807, 2.05) is 24.3 Å². The fraction of sp³-hybridized carbons (Fsp3) is 0.350. The van der Waals surface area contributed by atoms with Crippen molar-refractivity contribution in [2.24, 2.45) is 16.8 Å². The number of methoxy groups -OCH3 is 1. The summed E-state index contributed by atoms with van der Waals surface area (Å²) in [5, 5.41) is 9.29. The van der Waals surface area contributed by atoms with E-state index in [2.05, 4.69) is 4.99 Å². The first-order chi connectivity index (χ1) is 12.6. The predicted molar refractivity (Wildman–Crippen MR) is 101 cm³/mol. The molecule has 26 heavy (non-hydrogen) atoms. The van der Waals surface area contributed by atoms with Gasteiger partial charge in [-0.3, -0.25) is 14.6 Å². The lowest BCUT2D eigenvalue weighted by Gasteiger charge is -2.37. The molecule has 4 unspecified atom stereocenters. The standard InChI is InChI=1S/C20H19NO4S/c1-25-13-7-5-12(6-8-13)17(22)18-16(19(23)24)14-9-11-21-15-4-2-3-10-20(14,15)26-18/h2-8,10,14,16,18H,9,11H2,1H3,(H,23,24). The van der Waals surface area contributed by atoms with Gasteiger partial charge in [-0.05, 0) is 42.7 Å². The van der Waals surface area contributed by atoms with Crippen LogP contribution in [0.15, 0.2) is 53.6 Å². The van der Waals surface area contributed by atoms with E-state index in [4.69, 9.17) is 4.74 Å². The molecule has 1 aromatic rings. The Morgan fingerprint density at radius 3 is 2.73 bits per heavy atom. The van der Waals surface area contributed by atoms with Crippen LogP contribution in [-0.4, -0.2) is 46.2 Å². The highest BCUT2D eigenvalue weighted by Crippen LogP contribution is 2.57. The van der Waals surface area contributed by atoms with Crippen LogP contribution in [0.2, 0.25) is 0 Å². The van der Waals surface area contributed by atoms with E-state index in [9.17, 15) is 14.7 Å². The number of aliphatic imine (C=N–C) groups is 1. The van der Waals surface area contributed by atoms with Gasteiger partial charge >= 0.3 is 5.97 Å². The number of carbonyl (C=O) groups is 2. The summed E-state index contributed by atoms with van der Waals surface area (Å²) in [6.45, 7) is 0.605. The second kappa shape index (κ2) is 6.43. The molecule has 2 heterocycles. The van der Waals surface area contributed by atoms with E-state index in [0.29, 0.717) is 24.3 Å². The molecule has 1 aliphatic carbocycles. The molecule has 0 bridgehead atoms. The minimum Gasteiger partial charge on any atom is -0.497 e. The highest BCUT2D eigenvalue weighted by Gasteiger charge is 2.60. The summed E-state index contributed by atoms with van der Waals surface area (Å²) in [5.74, 6) is -1.24. The monoisotopic (exact) mass is 369 g/mol. The molecule has 1 saturated heterocycles. The molecule has 1 fully saturated rings. The number of nitrogens with zero attached hydrogens (tertiary/aromatic N) is 1. The maximum Gasteiger partial charge on any atom is 0.308 e. The molecule has 1 N–H and O–H groups in total. The topological polar surface area (TPSA) is 76.0 Å². The molecule has 0 saturated carbocycles. The normalized spacial score (nSPS) is 31.7. The number of carboxylic acid groups (broad SMARTS) is 1. The molecule has 0 amide bonds. The van der Waals surface area contributed by atoms with Crippen molar-refractivity contribution in [2.45, 2.75) is 16.4 Å². The van der Waals surface area contributed by atoms with Crippen LogP contribution in [0.25, 0.3) is 0 Å². The number of hydrogen-bond acceptors (Lipinski definition) is 5. The van der Waals surface area contributed by atoms with E-state index < -0.39 is 21.9 Å². The number of hydrogen-bond donors (Lipinski definition) is 1. The maximum atomic E-state index is 13.2. The quantitative estimate of drug-likeness (QED) is 0.826. The number of thioether (sulfide) groups is 1. The van der Waals surface area contributed by atoms with Crippen LogP contribution >= 0.6 is 11.8 Å². The summed E-state index contributed by atoms with van der Waals surface area (Å²) in [7, 11) is 1.57. The number of allylic oxidation sites excluding steroid dienone is 3. The highest BCUT2D eigenvalue weighted by molar-refractivity contribution is 8.03. The summed E-state index contributed by atoms with van der Waals surface area (Å²) >= 11 is 1.44. The van der Waals surface area contributed by atoms with Crippen molar-refractivity contribution in [2.75, 3.05) is 13.7 Å². The molecular weight excluding hydrogens is 350 g/mol. The average Bonchev–Trinajstić information content (AvgIpc) is 3.01. The second-order valence-corrected chi connectivity index (χ2v) is 8.09. The van der Waals surface area contributed by atoms with Gasteiger partial charge in [0.15, 0.2) is 5.78 Å².